The number of benzene rings is 2. The number of aryl methyl sites for hydroxylation is 1. The van der Waals surface area contributed by atoms with Crippen molar-refractivity contribution in [1.29, 1.82) is 0 Å². The van der Waals surface area contributed by atoms with Gasteiger partial charge >= 0.3 is 0 Å². The van der Waals surface area contributed by atoms with E-state index in [1.807, 2.05) is 48.5 Å². The van der Waals surface area contributed by atoms with E-state index < -0.39 is 0 Å². The van der Waals surface area contributed by atoms with E-state index in [0.29, 0.717) is 18.1 Å². The molecule has 0 saturated heterocycles. The third kappa shape index (κ3) is 3.09. The Hall–Kier alpha value is -3.41. The lowest BCUT2D eigenvalue weighted by Crippen LogP contribution is -2.17. The summed E-state index contributed by atoms with van der Waals surface area (Å²) in [5.41, 5.74) is 3.75. The molecule has 0 amide bonds. The fourth-order valence-corrected chi connectivity index (χ4v) is 2.93. The van der Waals surface area contributed by atoms with E-state index in [-0.39, 0.29) is 5.56 Å². The summed E-state index contributed by atoms with van der Waals surface area (Å²) in [5, 5.41) is 7.69. The van der Waals surface area contributed by atoms with Gasteiger partial charge in [-0.3, -0.25) is 4.79 Å². The van der Waals surface area contributed by atoms with Crippen molar-refractivity contribution in [3.8, 4) is 11.4 Å². The van der Waals surface area contributed by atoms with Crippen LogP contribution in [0, 0.1) is 0 Å². The Morgan fingerprint density at radius 1 is 1.08 bits per heavy atom. The minimum absolute atomic E-state index is 0.200. The van der Waals surface area contributed by atoms with Crippen molar-refractivity contribution >= 4 is 11.5 Å². The monoisotopic (exact) mass is 345 g/mol. The summed E-state index contributed by atoms with van der Waals surface area (Å²) in [6.07, 6.45) is 0.948. The molecular weight excluding hydrogens is 326 g/mol. The zero-order valence-electron chi connectivity index (χ0n) is 14.4. The fraction of sp³-hybridized carbons (Fsp3) is 0.150. The summed E-state index contributed by atoms with van der Waals surface area (Å²) in [6.45, 7) is 2.63. The van der Waals surface area contributed by atoms with Crippen LogP contribution in [-0.4, -0.2) is 19.6 Å². The van der Waals surface area contributed by atoms with Crippen LogP contribution in [0.1, 0.15) is 18.2 Å². The molecule has 0 radical (unpaired) electrons. The van der Waals surface area contributed by atoms with Crippen LogP contribution >= 0.6 is 0 Å². The topological polar surface area (TPSA) is 75.1 Å². The zero-order valence-corrected chi connectivity index (χ0v) is 14.4. The quantitative estimate of drug-likeness (QED) is 0.582. The van der Waals surface area contributed by atoms with Gasteiger partial charge in [0.25, 0.3) is 5.56 Å². The smallest absolute Gasteiger partial charge is 0.275 e. The van der Waals surface area contributed by atoms with Crippen molar-refractivity contribution in [2.24, 2.45) is 0 Å². The van der Waals surface area contributed by atoms with Crippen LogP contribution in [0.5, 0.6) is 0 Å². The summed E-state index contributed by atoms with van der Waals surface area (Å²) >= 11 is 0. The molecule has 0 aliphatic heterocycles. The SMILES string of the molecule is CCc1ccccc1NCc1cc(=O)n2nc(-c3ccccc3)nc2[nH]1. The molecule has 0 saturated carbocycles. The number of hydrogen-bond acceptors (Lipinski definition) is 4. The maximum atomic E-state index is 12.4. The van der Waals surface area contributed by atoms with Crippen LogP contribution < -0.4 is 10.9 Å². The van der Waals surface area contributed by atoms with Crippen LogP contribution in [0.4, 0.5) is 5.69 Å². The van der Waals surface area contributed by atoms with Gasteiger partial charge in [-0.05, 0) is 18.1 Å². The predicted molar refractivity (Wildman–Crippen MR) is 102 cm³/mol. The standard InChI is InChI=1S/C20H19N5O/c1-2-14-8-6-7-11-17(14)21-13-16-12-18(26)25-20(22-16)23-19(24-25)15-9-4-3-5-10-15/h3-12,21H,2,13H2,1H3,(H,22,23,24). The molecule has 0 fully saturated rings. The summed E-state index contributed by atoms with van der Waals surface area (Å²) < 4.78 is 1.30. The van der Waals surface area contributed by atoms with Crippen LogP contribution in [0.15, 0.2) is 65.5 Å². The first-order valence-corrected chi connectivity index (χ1v) is 8.61. The van der Waals surface area contributed by atoms with E-state index in [9.17, 15) is 4.79 Å². The van der Waals surface area contributed by atoms with E-state index in [1.54, 1.807) is 6.07 Å². The second kappa shape index (κ2) is 6.84. The van der Waals surface area contributed by atoms with E-state index >= 15 is 0 Å². The number of hydrogen-bond donors (Lipinski definition) is 2. The van der Waals surface area contributed by atoms with Gasteiger partial charge in [-0.25, -0.2) is 0 Å². The molecule has 0 atom stereocenters. The van der Waals surface area contributed by atoms with Crippen LogP contribution in [0.3, 0.4) is 0 Å². The van der Waals surface area contributed by atoms with Crippen molar-refractivity contribution in [3.05, 3.63) is 82.3 Å². The second-order valence-electron chi connectivity index (χ2n) is 6.03. The highest BCUT2D eigenvalue weighted by Crippen LogP contribution is 2.17. The summed E-state index contributed by atoms with van der Waals surface area (Å²) in [5.74, 6) is 0.970. The fourth-order valence-electron chi connectivity index (χ4n) is 2.93. The highest BCUT2D eigenvalue weighted by molar-refractivity contribution is 5.56. The van der Waals surface area contributed by atoms with Crippen LogP contribution in [0.25, 0.3) is 17.2 Å². The number of nitrogens with one attached hydrogen (secondary N) is 2. The number of nitrogens with zero attached hydrogens (tertiary/aromatic N) is 3. The lowest BCUT2D eigenvalue weighted by molar-refractivity contribution is 0.878. The van der Waals surface area contributed by atoms with E-state index in [1.165, 1.54) is 10.1 Å². The molecule has 4 aromatic rings. The van der Waals surface area contributed by atoms with Gasteiger partial charge in [0.05, 0.1) is 6.54 Å². The number of H-pyrrole nitrogens is 1. The second-order valence-corrected chi connectivity index (χ2v) is 6.03. The molecule has 2 N–H and O–H groups in total. The molecule has 26 heavy (non-hydrogen) atoms. The van der Waals surface area contributed by atoms with Gasteiger partial charge in [-0.15, -0.1) is 5.10 Å². The largest absolute Gasteiger partial charge is 0.379 e. The lowest BCUT2D eigenvalue weighted by atomic mass is 10.1. The Morgan fingerprint density at radius 2 is 1.85 bits per heavy atom. The first-order valence-electron chi connectivity index (χ1n) is 8.61. The van der Waals surface area contributed by atoms with E-state index in [4.69, 9.17) is 0 Å². The maximum Gasteiger partial charge on any atom is 0.275 e. The molecule has 4 rings (SSSR count). The number of fused-ring (bicyclic) bond motifs is 1. The number of aromatic amines is 1. The molecule has 2 aromatic heterocycles. The Labute approximate surface area is 150 Å². The summed E-state index contributed by atoms with van der Waals surface area (Å²) in [4.78, 5) is 20.0. The highest BCUT2D eigenvalue weighted by Gasteiger charge is 2.10. The first kappa shape index (κ1) is 16.1. The van der Waals surface area contributed by atoms with Gasteiger partial charge in [-0.2, -0.15) is 9.50 Å². The van der Waals surface area contributed by atoms with Crippen LogP contribution in [0.2, 0.25) is 0 Å². The van der Waals surface area contributed by atoms with E-state index in [2.05, 4.69) is 33.4 Å². The third-order valence-corrected chi connectivity index (χ3v) is 4.29. The van der Waals surface area contributed by atoms with Crippen molar-refractivity contribution in [2.45, 2.75) is 19.9 Å². The normalized spacial score (nSPS) is 11.0. The minimum atomic E-state index is -0.200. The molecule has 6 nitrogen and oxygen atoms in total. The molecular formula is C20H19N5O. The Kier molecular flexibility index (Phi) is 4.23. The number of aromatic nitrogens is 4. The van der Waals surface area contributed by atoms with Crippen molar-refractivity contribution in [2.75, 3.05) is 5.32 Å². The van der Waals surface area contributed by atoms with Crippen molar-refractivity contribution < 1.29 is 0 Å². The maximum absolute atomic E-state index is 12.4. The number of anilines is 1. The number of para-hydroxylation sites is 1. The zero-order chi connectivity index (χ0) is 17.9. The number of rotatable bonds is 5. The summed E-state index contributed by atoms with van der Waals surface area (Å²) in [6, 6.07) is 19.3. The molecule has 2 aromatic carbocycles. The van der Waals surface area contributed by atoms with E-state index in [0.717, 1.165) is 23.4 Å². The molecule has 0 unspecified atom stereocenters. The lowest BCUT2D eigenvalue weighted by Gasteiger charge is -2.10. The molecule has 130 valence electrons. The van der Waals surface area contributed by atoms with Gasteiger partial charge in [-0.1, -0.05) is 55.5 Å². The predicted octanol–water partition coefficient (Wildman–Crippen LogP) is 3.26. The molecule has 0 aliphatic carbocycles. The molecule has 0 spiro atoms. The van der Waals surface area contributed by atoms with Gasteiger partial charge in [0.1, 0.15) is 0 Å². The molecule has 0 aliphatic rings. The Balaban J connectivity index is 1.64. The highest BCUT2D eigenvalue weighted by atomic mass is 16.1. The Morgan fingerprint density at radius 3 is 2.65 bits per heavy atom. The molecule has 2 heterocycles. The van der Waals surface area contributed by atoms with Gasteiger partial charge in [0.15, 0.2) is 5.82 Å². The molecule has 6 heteroatoms. The van der Waals surface area contributed by atoms with Crippen molar-refractivity contribution in [1.82, 2.24) is 19.6 Å². The first-order chi connectivity index (χ1) is 12.7. The van der Waals surface area contributed by atoms with Gasteiger partial charge in [0, 0.05) is 23.0 Å². The average molecular weight is 345 g/mol. The summed E-state index contributed by atoms with van der Waals surface area (Å²) in [7, 11) is 0. The third-order valence-electron chi connectivity index (χ3n) is 4.29. The Bertz CT molecular complexity index is 1100. The molecule has 0 bridgehead atoms. The minimum Gasteiger partial charge on any atom is -0.379 e. The van der Waals surface area contributed by atoms with Crippen LogP contribution in [-0.2, 0) is 13.0 Å². The average Bonchev–Trinajstić information content (AvgIpc) is 3.12. The van der Waals surface area contributed by atoms with Crippen molar-refractivity contribution in [3.63, 3.8) is 0 Å². The van der Waals surface area contributed by atoms with Gasteiger partial charge < -0.3 is 10.3 Å². The van der Waals surface area contributed by atoms with Gasteiger partial charge in [0.2, 0.25) is 5.78 Å².